The van der Waals surface area contributed by atoms with Gasteiger partial charge in [-0.15, -0.1) is 0 Å². The van der Waals surface area contributed by atoms with Gasteiger partial charge < -0.3 is 4.98 Å². The van der Waals surface area contributed by atoms with Gasteiger partial charge in [0.25, 0.3) is 0 Å². The van der Waals surface area contributed by atoms with Crippen molar-refractivity contribution in [3.05, 3.63) is 36.0 Å². The van der Waals surface area contributed by atoms with Crippen molar-refractivity contribution in [2.24, 2.45) is 0 Å². The normalized spacial score (nSPS) is 10.8. The first-order valence-electron chi connectivity index (χ1n) is 3.72. The van der Waals surface area contributed by atoms with Gasteiger partial charge in [0.2, 0.25) is 0 Å². The fourth-order valence-electron chi connectivity index (χ4n) is 1.27. The van der Waals surface area contributed by atoms with Crippen LogP contribution in [0.2, 0.25) is 0 Å². The molecule has 2 N–H and O–H groups in total. The molecule has 12 heavy (non-hydrogen) atoms. The van der Waals surface area contributed by atoms with Crippen LogP contribution in [0.15, 0.2) is 30.5 Å². The molecule has 3 nitrogen and oxygen atoms in total. The summed E-state index contributed by atoms with van der Waals surface area (Å²) >= 11 is 0. The Morgan fingerprint density at radius 3 is 3.08 bits per heavy atom. The summed E-state index contributed by atoms with van der Waals surface area (Å²) in [5.41, 5.74) is 2.06. The van der Waals surface area contributed by atoms with E-state index in [2.05, 4.69) is 9.87 Å². The largest absolute Gasteiger partial charge is 0.361 e. The van der Waals surface area contributed by atoms with E-state index in [1.54, 1.807) is 0 Å². The molecule has 62 valence electrons. The summed E-state index contributed by atoms with van der Waals surface area (Å²) in [6.07, 6.45) is 1.88. The van der Waals surface area contributed by atoms with Crippen LogP contribution < -0.4 is 0 Å². The van der Waals surface area contributed by atoms with Crippen LogP contribution in [0.1, 0.15) is 5.56 Å². The molecular formula is C9H9NO2. The van der Waals surface area contributed by atoms with E-state index in [1.807, 2.05) is 30.5 Å². The first kappa shape index (κ1) is 7.34. The molecule has 0 atom stereocenters. The second kappa shape index (κ2) is 2.97. The van der Waals surface area contributed by atoms with Gasteiger partial charge in [-0.25, -0.2) is 4.89 Å². The van der Waals surface area contributed by atoms with Gasteiger partial charge in [-0.05, 0) is 29.1 Å². The molecule has 3 heteroatoms. The Kier molecular flexibility index (Phi) is 1.81. The van der Waals surface area contributed by atoms with Crippen molar-refractivity contribution < 1.29 is 10.1 Å². The van der Waals surface area contributed by atoms with Crippen molar-refractivity contribution in [1.29, 1.82) is 0 Å². The Hall–Kier alpha value is -1.32. The molecule has 2 rings (SSSR count). The second-order valence-corrected chi connectivity index (χ2v) is 2.67. The Bertz CT molecular complexity index is 381. The lowest BCUT2D eigenvalue weighted by molar-refractivity contribution is -0.252. The zero-order valence-corrected chi connectivity index (χ0v) is 6.45. The van der Waals surface area contributed by atoms with Crippen molar-refractivity contribution in [1.82, 2.24) is 4.98 Å². The minimum atomic E-state index is 0.237. The van der Waals surface area contributed by atoms with Gasteiger partial charge in [-0.2, -0.15) is 0 Å². The van der Waals surface area contributed by atoms with E-state index in [-0.39, 0.29) is 6.61 Å². The molecule has 0 aliphatic carbocycles. The third-order valence-electron chi connectivity index (χ3n) is 1.85. The molecule has 0 fully saturated rings. The van der Waals surface area contributed by atoms with Gasteiger partial charge in [0, 0.05) is 11.7 Å². The Labute approximate surface area is 69.5 Å². The molecule has 0 radical (unpaired) electrons. The first-order chi connectivity index (χ1) is 5.90. The SMILES string of the molecule is OOCc1ccc2[nH]ccc2c1. The molecule has 0 aliphatic heterocycles. The van der Waals surface area contributed by atoms with Crippen LogP contribution in [0.25, 0.3) is 10.9 Å². The Morgan fingerprint density at radius 1 is 1.33 bits per heavy atom. The summed E-state index contributed by atoms with van der Waals surface area (Å²) in [5, 5.41) is 9.36. The van der Waals surface area contributed by atoms with Crippen LogP contribution in [-0.4, -0.2) is 10.2 Å². The number of aromatic amines is 1. The maximum absolute atomic E-state index is 8.23. The van der Waals surface area contributed by atoms with Gasteiger partial charge in [0.15, 0.2) is 0 Å². The second-order valence-electron chi connectivity index (χ2n) is 2.67. The molecule has 0 saturated heterocycles. The molecule has 1 heterocycles. The molecule has 2 aromatic rings. The highest BCUT2D eigenvalue weighted by molar-refractivity contribution is 5.79. The Morgan fingerprint density at radius 2 is 2.25 bits per heavy atom. The van der Waals surface area contributed by atoms with E-state index in [4.69, 9.17) is 5.26 Å². The maximum atomic E-state index is 8.23. The van der Waals surface area contributed by atoms with Crippen LogP contribution in [0, 0.1) is 0 Å². The number of fused-ring (bicyclic) bond motifs is 1. The average Bonchev–Trinajstić information content (AvgIpc) is 2.51. The quantitative estimate of drug-likeness (QED) is 0.526. The highest BCUT2D eigenvalue weighted by Gasteiger charge is 1.96. The lowest BCUT2D eigenvalue weighted by Gasteiger charge is -1.97. The minimum absolute atomic E-state index is 0.237. The van der Waals surface area contributed by atoms with Crippen LogP contribution in [0.4, 0.5) is 0 Å². The fraction of sp³-hybridized carbons (Fsp3) is 0.111. The molecule has 0 amide bonds. The predicted octanol–water partition coefficient (Wildman–Crippen LogP) is 2.16. The molecule has 0 unspecified atom stereocenters. The number of rotatable bonds is 2. The molecular weight excluding hydrogens is 154 g/mol. The highest BCUT2D eigenvalue weighted by Crippen LogP contribution is 2.14. The molecule has 0 aliphatic rings. The molecule has 0 spiro atoms. The average molecular weight is 163 g/mol. The zero-order valence-electron chi connectivity index (χ0n) is 6.45. The van der Waals surface area contributed by atoms with Crippen LogP contribution >= 0.6 is 0 Å². The first-order valence-corrected chi connectivity index (χ1v) is 3.72. The maximum Gasteiger partial charge on any atom is 0.107 e. The van der Waals surface area contributed by atoms with Crippen LogP contribution in [0.3, 0.4) is 0 Å². The van der Waals surface area contributed by atoms with E-state index in [1.165, 1.54) is 0 Å². The monoisotopic (exact) mass is 163 g/mol. The summed E-state index contributed by atoms with van der Waals surface area (Å²) in [7, 11) is 0. The number of nitrogens with one attached hydrogen (secondary N) is 1. The third kappa shape index (κ3) is 1.20. The lowest BCUT2D eigenvalue weighted by Crippen LogP contribution is -1.86. The van der Waals surface area contributed by atoms with E-state index in [9.17, 15) is 0 Å². The predicted molar refractivity (Wildman–Crippen MR) is 45.7 cm³/mol. The molecule has 1 aromatic carbocycles. The highest BCUT2D eigenvalue weighted by atomic mass is 17.1. The van der Waals surface area contributed by atoms with E-state index < -0.39 is 0 Å². The van der Waals surface area contributed by atoms with E-state index in [0.29, 0.717) is 0 Å². The lowest BCUT2D eigenvalue weighted by atomic mass is 10.2. The number of benzene rings is 1. The van der Waals surface area contributed by atoms with Crippen molar-refractivity contribution >= 4 is 10.9 Å². The summed E-state index contributed by atoms with van der Waals surface area (Å²) in [6.45, 7) is 0.237. The van der Waals surface area contributed by atoms with Gasteiger partial charge in [-0.1, -0.05) is 6.07 Å². The van der Waals surface area contributed by atoms with Crippen molar-refractivity contribution in [3.63, 3.8) is 0 Å². The minimum Gasteiger partial charge on any atom is -0.361 e. The number of H-pyrrole nitrogens is 1. The van der Waals surface area contributed by atoms with Crippen LogP contribution in [-0.2, 0) is 11.5 Å². The third-order valence-corrected chi connectivity index (χ3v) is 1.85. The van der Waals surface area contributed by atoms with Crippen molar-refractivity contribution in [2.45, 2.75) is 6.61 Å². The van der Waals surface area contributed by atoms with E-state index >= 15 is 0 Å². The van der Waals surface area contributed by atoms with Crippen molar-refractivity contribution in [3.8, 4) is 0 Å². The molecule has 0 saturated carbocycles. The van der Waals surface area contributed by atoms with Gasteiger partial charge >= 0.3 is 0 Å². The molecule has 1 aromatic heterocycles. The van der Waals surface area contributed by atoms with Crippen molar-refractivity contribution in [2.75, 3.05) is 0 Å². The number of aromatic nitrogens is 1. The molecule has 0 bridgehead atoms. The Balaban J connectivity index is 2.46. The zero-order chi connectivity index (χ0) is 8.39. The number of hydrogen-bond donors (Lipinski definition) is 2. The fourth-order valence-corrected chi connectivity index (χ4v) is 1.27. The summed E-state index contributed by atoms with van der Waals surface area (Å²) in [6, 6.07) is 7.83. The van der Waals surface area contributed by atoms with Crippen LogP contribution in [0.5, 0.6) is 0 Å². The van der Waals surface area contributed by atoms with Gasteiger partial charge in [0.05, 0.1) is 0 Å². The summed E-state index contributed by atoms with van der Waals surface area (Å²) < 4.78 is 0. The topological polar surface area (TPSA) is 45.2 Å². The summed E-state index contributed by atoms with van der Waals surface area (Å²) in [4.78, 5) is 7.13. The van der Waals surface area contributed by atoms with Gasteiger partial charge in [-0.3, -0.25) is 5.26 Å². The van der Waals surface area contributed by atoms with Gasteiger partial charge in [0.1, 0.15) is 6.61 Å². The van der Waals surface area contributed by atoms with E-state index in [0.717, 1.165) is 16.5 Å². The summed E-state index contributed by atoms with van der Waals surface area (Å²) in [5.74, 6) is 0. The number of hydrogen-bond acceptors (Lipinski definition) is 2. The standard InChI is InChI=1S/C9H9NO2/c11-12-6-7-1-2-9-8(5-7)3-4-10-9/h1-5,10-11H,6H2. The smallest absolute Gasteiger partial charge is 0.107 e.